The number of halogens is 1. The van der Waals surface area contributed by atoms with Crippen LogP contribution in [0.5, 0.6) is 5.75 Å². The van der Waals surface area contributed by atoms with Crippen LogP contribution < -0.4 is 10.5 Å². The summed E-state index contributed by atoms with van der Waals surface area (Å²) in [6.07, 6.45) is 4.89. The quantitative estimate of drug-likeness (QED) is 0.913. The zero-order chi connectivity index (χ0) is 12.6. The molecule has 0 unspecified atom stereocenters. The SMILES string of the molecule is NCC1(c2cc3c(cc2Br)COCO3)CCCC1. The molecule has 2 N–H and O–H groups in total. The summed E-state index contributed by atoms with van der Waals surface area (Å²) in [5.74, 6) is 0.958. The van der Waals surface area contributed by atoms with E-state index in [4.69, 9.17) is 15.2 Å². The van der Waals surface area contributed by atoms with Crippen LogP contribution in [0.3, 0.4) is 0 Å². The molecule has 4 heteroatoms. The Morgan fingerprint density at radius 3 is 2.78 bits per heavy atom. The maximum atomic E-state index is 6.06. The third-order valence-electron chi connectivity index (χ3n) is 4.23. The number of nitrogens with two attached hydrogens (primary N) is 1. The summed E-state index contributed by atoms with van der Waals surface area (Å²) in [7, 11) is 0. The fraction of sp³-hybridized carbons (Fsp3) is 0.571. The van der Waals surface area contributed by atoms with Gasteiger partial charge in [0, 0.05) is 22.0 Å². The molecule has 0 radical (unpaired) electrons. The molecule has 1 aliphatic carbocycles. The number of hydrogen-bond donors (Lipinski definition) is 1. The van der Waals surface area contributed by atoms with E-state index in [1.165, 1.54) is 31.2 Å². The summed E-state index contributed by atoms with van der Waals surface area (Å²) in [6.45, 7) is 1.69. The van der Waals surface area contributed by atoms with Crippen molar-refractivity contribution in [2.24, 2.45) is 5.73 Å². The second-order valence-electron chi connectivity index (χ2n) is 5.24. The van der Waals surface area contributed by atoms with Gasteiger partial charge in [0.05, 0.1) is 6.61 Å². The standard InChI is InChI=1S/C14H18BrNO2/c15-12-5-10-7-17-9-18-13(10)6-11(12)14(8-16)3-1-2-4-14/h5-6H,1-4,7-9,16H2. The van der Waals surface area contributed by atoms with E-state index < -0.39 is 0 Å². The summed E-state index contributed by atoms with van der Waals surface area (Å²) in [4.78, 5) is 0. The average molecular weight is 312 g/mol. The third kappa shape index (κ3) is 1.96. The molecule has 1 aromatic rings. The minimum Gasteiger partial charge on any atom is -0.467 e. The monoisotopic (exact) mass is 311 g/mol. The van der Waals surface area contributed by atoms with E-state index in [1.807, 2.05) is 0 Å². The first-order chi connectivity index (χ1) is 8.75. The molecular formula is C14H18BrNO2. The Balaban J connectivity index is 2.05. The Morgan fingerprint density at radius 1 is 1.28 bits per heavy atom. The molecule has 1 heterocycles. The van der Waals surface area contributed by atoms with Crippen molar-refractivity contribution in [2.75, 3.05) is 13.3 Å². The van der Waals surface area contributed by atoms with Gasteiger partial charge in [-0.1, -0.05) is 28.8 Å². The Kier molecular flexibility index (Phi) is 3.34. The van der Waals surface area contributed by atoms with Gasteiger partial charge in [0.25, 0.3) is 0 Å². The van der Waals surface area contributed by atoms with E-state index in [-0.39, 0.29) is 5.41 Å². The molecule has 1 aliphatic heterocycles. The highest BCUT2D eigenvalue weighted by Crippen LogP contribution is 2.45. The van der Waals surface area contributed by atoms with Gasteiger partial charge in [0.2, 0.25) is 0 Å². The van der Waals surface area contributed by atoms with Gasteiger partial charge in [-0.25, -0.2) is 0 Å². The largest absolute Gasteiger partial charge is 0.467 e. The topological polar surface area (TPSA) is 44.5 Å². The van der Waals surface area contributed by atoms with Crippen molar-refractivity contribution in [2.45, 2.75) is 37.7 Å². The van der Waals surface area contributed by atoms with E-state index in [9.17, 15) is 0 Å². The first-order valence-corrected chi connectivity index (χ1v) is 7.28. The average Bonchev–Trinajstić information content (AvgIpc) is 2.88. The van der Waals surface area contributed by atoms with Crippen LogP contribution in [0.15, 0.2) is 16.6 Å². The van der Waals surface area contributed by atoms with Crippen LogP contribution >= 0.6 is 15.9 Å². The maximum Gasteiger partial charge on any atom is 0.189 e. The Hall–Kier alpha value is -0.580. The maximum absolute atomic E-state index is 6.06. The zero-order valence-electron chi connectivity index (χ0n) is 10.4. The number of hydrogen-bond acceptors (Lipinski definition) is 3. The molecular weight excluding hydrogens is 294 g/mol. The minimum absolute atomic E-state index is 0.134. The van der Waals surface area contributed by atoms with Crippen molar-refractivity contribution in [3.05, 3.63) is 27.7 Å². The molecule has 0 amide bonds. The van der Waals surface area contributed by atoms with Crippen LogP contribution in [0.2, 0.25) is 0 Å². The molecule has 0 atom stereocenters. The first kappa shape index (κ1) is 12.5. The fourth-order valence-electron chi connectivity index (χ4n) is 3.14. The van der Waals surface area contributed by atoms with E-state index >= 15 is 0 Å². The van der Waals surface area contributed by atoms with Crippen molar-refractivity contribution in [1.29, 1.82) is 0 Å². The number of rotatable bonds is 2. The van der Waals surface area contributed by atoms with Crippen LogP contribution in [0.25, 0.3) is 0 Å². The minimum atomic E-state index is 0.134. The van der Waals surface area contributed by atoms with Gasteiger partial charge in [-0.05, 0) is 30.5 Å². The molecule has 0 bridgehead atoms. The summed E-state index contributed by atoms with van der Waals surface area (Å²) in [5, 5.41) is 0. The lowest BCUT2D eigenvalue weighted by Gasteiger charge is -2.31. The predicted molar refractivity (Wildman–Crippen MR) is 73.6 cm³/mol. The van der Waals surface area contributed by atoms with Crippen molar-refractivity contribution in [1.82, 2.24) is 0 Å². The number of ether oxygens (including phenoxy) is 2. The first-order valence-electron chi connectivity index (χ1n) is 6.49. The zero-order valence-corrected chi connectivity index (χ0v) is 12.0. The molecule has 0 saturated heterocycles. The molecule has 0 spiro atoms. The molecule has 1 fully saturated rings. The fourth-order valence-corrected chi connectivity index (χ4v) is 3.95. The van der Waals surface area contributed by atoms with Crippen molar-refractivity contribution in [3.8, 4) is 5.75 Å². The Labute approximate surface area is 116 Å². The highest BCUT2D eigenvalue weighted by Gasteiger charge is 2.36. The normalized spacial score (nSPS) is 21.4. The molecule has 3 rings (SSSR count). The van der Waals surface area contributed by atoms with Crippen molar-refractivity contribution in [3.63, 3.8) is 0 Å². The number of fused-ring (bicyclic) bond motifs is 1. The predicted octanol–water partition coefficient (Wildman–Crippen LogP) is 3.09. The Morgan fingerprint density at radius 2 is 2.06 bits per heavy atom. The molecule has 0 aromatic heterocycles. The van der Waals surface area contributed by atoms with Crippen LogP contribution in [0.4, 0.5) is 0 Å². The lowest BCUT2D eigenvalue weighted by Crippen LogP contribution is -2.32. The van der Waals surface area contributed by atoms with E-state index in [1.54, 1.807) is 0 Å². The summed E-state index contributed by atoms with van der Waals surface area (Å²) < 4.78 is 12.0. The second-order valence-corrected chi connectivity index (χ2v) is 6.10. The lowest BCUT2D eigenvalue weighted by molar-refractivity contribution is -0.0165. The molecule has 3 nitrogen and oxygen atoms in total. The van der Waals surface area contributed by atoms with Gasteiger partial charge in [0.15, 0.2) is 6.79 Å². The van der Waals surface area contributed by atoms with Crippen molar-refractivity contribution >= 4 is 15.9 Å². The van der Waals surface area contributed by atoms with E-state index in [2.05, 4.69) is 28.1 Å². The molecule has 2 aliphatic rings. The third-order valence-corrected chi connectivity index (χ3v) is 4.88. The van der Waals surface area contributed by atoms with Gasteiger partial charge < -0.3 is 15.2 Å². The lowest BCUT2D eigenvalue weighted by atomic mass is 9.78. The van der Waals surface area contributed by atoms with Crippen LogP contribution in [0.1, 0.15) is 36.8 Å². The van der Waals surface area contributed by atoms with Crippen LogP contribution in [0, 0.1) is 0 Å². The van der Waals surface area contributed by atoms with Gasteiger partial charge in [-0.15, -0.1) is 0 Å². The van der Waals surface area contributed by atoms with E-state index in [0.29, 0.717) is 19.9 Å². The van der Waals surface area contributed by atoms with Crippen molar-refractivity contribution < 1.29 is 9.47 Å². The molecule has 98 valence electrons. The molecule has 1 saturated carbocycles. The number of benzene rings is 1. The van der Waals surface area contributed by atoms with Gasteiger partial charge in [0.1, 0.15) is 5.75 Å². The van der Waals surface area contributed by atoms with Gasteiger partial charge >= 0.3 is 0 Å². The summed E-state index contributed by atoms with van der Waals surface area (Å²) in [5.41, 5.74) is 8.62. The van der Waals surface area contributed by atoms with Gasteiger partial charge in [-0.2, -0.15) is 0 Å². The smallest absolute Gasteiger partial charge is 0.189 e. The summed E-state index contributed by atoms with van der Waals surface area (Å²) >= 11 is 3.69. The van der Waals surface area contributed by atoms with Crippen LogP contribution in [-0.4, -0.2) is 13.3 Å². The Bertz CT molecular complexity index is 455. The highest BCUT2D eigenvalue weighted by atomic mass is 79.9. The van der Waals surface area contributed by atoms with E-state index in [0.717, 1.165) is 15.8 Å². The molecule has 18 heavy (non-hydrogen) atoms. The summed E-state index contributed by atoms with van der Waals surface area (Å²) in [6, 6.07) is 4.29. The second kappa shape index (κ2) is 4.83. The molecule has 1 aromatic carbocycles. The van der Waals surface area contributed by atoms with Gasteiger partial charge in [-0.3, -0.25) is 0 Å². The van der Waals surface area contributed by atoms with Crippen LogP contribution in [-0.2, 0) is 16.8 Å². The highest BCUT2D eigenvalue weighted by molar-refractivity contribution is 9.10.